The third kappa shape index (κ3) is 7.40. The van der Waals surface area contributed by atoms with E-state index in [4.69, 9.17) is 5.73 Å². The lowest BCUT2D eigenvalue weighted by Gasteiger charge is -2.17. The Kier molecular flexibility index (Phi) is 7.81. The lowest BCUT2D eigenvalue weighted by molar-refractivity contribution is -0.142. The first kappa shape index (κ1) is 15.1. The standard InChI is InChI=1S/C12H23NO3/c1-9(2)6-10(7-12(15)16-3)4-5-11(14)8-13/h9-10H,4-8,13H2,1-3H3/t10-/m0/s1. The fourth-order valence-corrected chi connectivity index (χ4v) is 1.76. The van der Waals surface area contributed by atoms with E-state index in [9.17, 15) is 9.59 Å². The minimum Gasteiger partial charge on any atom is -0.469 e. The predicted octanol–water partition coefficient (Wildman–Crippen LogP) is 1.52. The monoisotopic (exact) mass is 229 g/mol. The van der Waals surface area contributed by atoms with Crippen molar-refractivity contribution in [2.24, 2.45) is 17.6 Å². The number of esters is 1. The summed E-state index contributed by atoms with van der Waals surface area (Å²) in [5.74, 6) is 0.593. The van der Waals surface area contributed by atoms with Crippen molar-refractivity contribution in [2.75, 3.05) is 13.7 Å². The van der Waals surface area contributed by atoms with Gasteiger partial charge in [-0.3, -0.25) is 9.59 Å². The molecule has 0 aromatic carbocycles. The van der Waals surface area contributed by atoms with Gasteiger partial charge in [0.25, 0.3) is 0 Å². The zero-order valence-electron chi connectivity index (χ0n) is 10.5. The topological polar surface area (TPSA) is 69.4 Å². The second-order valence-electron chi connectivity index (χ2n) is 4.56. The minimum absolute atomic E-state index is 0.0543. The molecule has 1 atom stereocenters. The lowest BCUT2D eigenvalue weighted by Crippen LogP contribution is -2.17. The van der Waals surface area contributed by atoms with E-state index in [0.29, 0.717) is 18.8 Å². The molecule has 0 bridgehead atoms. The van der Waals surface area contributed by atoms with Crippen molar-refractivity contribution in [1.82, 2.24) is 0 Å². The highest BCUT2D eigenvalue weighted by Crippen LogP contribution is 2.21. The zero-order valence-corrected chi connectivity index (χ0v) is 10.5. The molecular weight excluding hydrogens is 206 g/mol. The smallest absolute Gasteiger partial charge is 0.305 e. The fraction of sp³-hybridized carbons (Fsp3) is 0.833. The Hall–Kier alpha value is -0.900. The van der Waals surface area contributed by atoms with Gasteiger partial charge in [0.05, 0.1) is 13.7 Å². The van der Waals surface area contributed by atoms with Crippen molar-refractivity contribution < 1.29 is 14.3 Å². The summed E-state index contributed by atoms with van der Waals surface area (Å²) < 4.78 is 4.65. The summed E-state index contributed by atoms with van der Waals surface area (Å²) in [5.41, 5.74) is 5.25. The van der Waals surface area contributed by atoms with Crippen LogP contribution in [0.1, 0.15) is 39.5 Å². The average molecular weight is 229 g/mol. The number of ether oxygens (including phenoxy) is 1. The third-order valence-corrected chi connectivity index (χ3v) is 2.55. The summed E-state index contributed by atoms with van der Waals surface area (Å²) in [6.45, 7) is 4.30. The SMILES string of the molecule is COC(=O)C[C@@H](CCC(=O)CN)CC(C)C. The summed E-state index contributed by atoms with van der Waals surface area (Å²) in [6.07, 6.45) is 2.52. The van der Waals surface area contributed by atoms with Crippen LogP contribution in [0.25, 0.3) is 0 Å². The summed E-state index contributed by atoms with van der Waals surface area (Å²) >= 11 is 0. The van der Waals surface area contributed by atoms with Gasteiger partial charge in [0.2, 0.25) is 0 Å². The van der Waals surface area contributed by atoms with Gasteiger partial charge in [0, 0.05) is 12.8 Å². The first-order valence-electron chi connectivity index (χ1n) is 5.78. The number of methoxy groups -OCH3 is 1. The van der Waals surface area contributed by atoms with Crippen molar-refractivity contribution in [2.45, 2.75) is 39.5 Å². The van der Waals surface area contributed by atoms with Crippen LogP contribution in [0.15, 0.2) is 0 Å². The molecule has 0 amide bonds. The number of carbonyl (C=O) groups is 2. The van der Waals surface area contributed by atoms with E-state index in [-0.39, 0.29) is 24.2 Å². The molecular formula is C12H23NO3. The highest BCUT2D eigenvalue weighted by Gasteiger charge is 2.16. The average Bonchev–Trinajstić information content (AvgIpc) is 2.24. The molecule has 94 valence electrons. The van der Waals surface area contributed by atoms with Crippen LogP contribution in [0.3, 0.4) is 0 Å². The maximum absolute atomic E-state index is 11.2. The molecule has 4 nitrogen and oxygen atoms in total. The number of nitrogens with two attached hydrogens (primary N) is 1. The van der Waals surface area contributed by atoms with Gasteiger partial charge in [-0.25, -0.2) is 0 Å². The van der Waals surface area contributed by atoms with Gasteiger partial charge in [-0.05, 0) is 24.7 Å². The van der Waals surface area contributed by atoms with Crippen molar-refractivity contribution in [3.05, 3.63) is 0 Å². The van der Waals surface area contributed by atoms with E-state index in [2.05, 4.69) is 18.6 Å². The van der Waals surface area contributed by atoms with Crippen molar-refractivity contribution in [1.29, 1.82) is 0 Å². The molecule has 0 unspecified atom stereocenters. The van der Waals surface area contributed by atoms with Gasteiger partial charge in [0.15, 0.2) is 0 Å². The molecule has 0 aliphatic heterocycles. The molecule has 2 N–H and O–H groups in total. The van der Waals surface area contributed by atoms with Crippen LogP contribution in [0, 0.1) is 11.8 Å². The van der Waals surface area contributed by atoms with Crippen LogP contribution in [-0.4, -0.2) is 25.4 Å². The lowest BCUT2D eigenvalue weighted by atomic mass is 9.89. The molecule has 0 saturated heterocycles. The van der Waals surface area contributed by atoms with E-state index in [1.807, 2.05) is 0 Å². The van der Waals surface area contributed by atoms with Gasteiger partial charge in [-0.2, -0.15) is 0 Å². The number of ketones is 1. The Bertz CT molecular complexity index is 226. The van der Waals surface area contributed by atoms with Gasteiger partial charge in [-0.1, -0.05) is 13.8 Å². The summed E-state index contributed by atoms with van der Waals surface area (Å²) in [7, 11) is 1.39. The highest BCUT2D eigenvalue weighted by molar-refractivity contribution is 5.80. The molecule has 0 spiro atoms. The van der Waals surface area contributed by atoms with Crippen LogP contribution in [0.4, 0.5) is 0 Å². The second-order valence-corrected chi connectivity index (χ2v) is 4.56. The Labute approximate surface area is 97.5 Å². The van der Waals surface area contributed by atoms with Gasteiger partial charge < -0.3 is 10.5 Å². The second kappa shape index (κ2) is 8.28. The molecule has 16 heavy (non-hydrogen) atoms. The maximum atomic E-state index is 11.2. The largest absolute Gasteiger partial charge is 0.469 e. The maximum Gasteiger partial charge on any atom is 0.305 e. The van der Waals surface area contributed by atoms with Gasteiger partial charge >= 0.3 is 5.97 Å². The van der Waals surface area contributed by atoms with E-state index in [0.717, 1.165) is 12.8 Å². The van der Waals surface area contributed by atoms with Crippen LogP contribution in [0.2, 0.25) is 0 Å². The quantitative estimate of drug-likeness (QED) is 0.641. The molecule has 0 heterocycles. The molecule has 0 aliphatic carbocycles. The molecule has 0 aliphatic rings. The number of hydrogen-bond acceptors (Lipinski definition) is 4. The molecule has 0 aromatic rings. The zero-order chi connectivity index (χ0) is 12.6. The van der Waals surface area contributed by atoms with E-state index < -0.39 is 0 Å². The Morgan fingerprint density at radius 3 is 2.38 bits per heavy atom. The van der Waals surface area contributed by atoms with Crippen molar-refractivity contribution in [3.63, 3.8) is 0 Å². The Balaban J connectivity index is 4.09. The molecule has 0 rings (SSSR count). The molecule has 0 fully saturated rings. The normalized spacial score (nSPS) is 12.6. The van der Waals surface area contributed by atoms with Crippen molar-refractivity contribution >= 4 is 11.8 Å². The first-order chi connectivity index (χ1) is 7.49. The Morgan fingerprint density at radius 2 is 1.94 bits per heavy atom. The molecule has 0 radical (unpaired) electrons. The van der Waals surface area contributed by atoms with Crippen LogP contribution >= 0.6 is 0 Å². The number of Topliss-reactive ketones (excluding diaryl/α,β-unsaturated/α-hetero) is 1. The van der Waals surface area contributed by atoms with E-state index in [1.54, 1.807) is 0 Å². The fourth-order valence-electron chi connectivity index (χ4n) is 1.76. The summed E-state index contributed by atoms with van der Waals surface area (Å²) in [4.78, 5) is 22.3. The molecule has 0 saturated carbocycles. The van der Waals surface area contributed by atoms with Crippen LogP contribution < -0.4 is 5.73 Å². The van der Waals surface area contributed by atoms with Gasteiger partial charge in [0.1, 0.15) is 5.78 Å². The number of rotatable bonds is 8. The molecule has 0 aromatic heterocycles. The number of carbonyl (C=O) groups excluding carboxylic acids is 2. The predicted molar refractivity (Wildman–Crippen MR) is 62.9 cm³/mol. The Morgan fingerprint density at radius 1 is 1.31 bits per heavy atom. The van der Waals surface area contributed by atoms with Gasteiger partial charge in [-0.15, -0.1) is 0 Å². The highest BCUT2D eigenvalue weighted by atomic mass is 16.5. The van der Waals surface area contributed by atoms with Crippen LogP contribution in [-0.2, 0) is 14.3 Å². The summed E-state index contributed by atoms with van der Waals surface area (Å²) in [5, 5.41) is 0. The van der Waals surface area contributed by atoms with E-state index in [1.165, 1.54) is 7.11 Å². The number of hydrogen-bond donors (Lipinski definition) is 1. The first-order valence-corrected chi connectivity index (χ1v) is 5.78. The third-order valence-electron chi connectivity index (χ3n) is 2.55. The molecule has 4 heteroatoms. The van der Waals surface area contributed by atoms with Crippen molar-refractivity contribution in [3.8, 4) is 0 Å². The van der Waals surface area contributed by atoms with Crippen LogP contribution in [0.5, 0.6) is 0 Å². The minimum atomic E-state index is -0.203. The summed E-state index contributed by atoms with van der Waals surface area (Å²) in [6, 6.07) is 0. The van der Waals surface area contributed by atoms with E-state index >= 15 is 0 Å².